The highest BCUT2D eigenvalue weighted by Gasteiger charge is 2.37. The van der Waals surface area contributed by atoms with Gasteiger partial charge in [0.15, 0.2) is 5.82 Å². The highest BCUT2D eigenvalue weighted by Crippen LogP contribution is 2.33. The molecule has 0 saturated carbocycles. The van der Waals surface area contributed by atoms with Crippen LogP contribution in [0.2, 0.25) is 0 Å². The first kappa shape index (κ1) is 18.3. The third-order valence-corrected chi connectivity index (χ3v) is 3.04. The van der Waals surface area contributed by atoms with Gasteiger partial charge in [0.1, 0.15) is 17.1 Å². The number of nitrogens with zero attached hydrogens (tertiary/aromatic N) is 1. The summed E-state index contributed by atoms with van der Waals surface area (Å²) in [7, 11) is 1.09. The average Bonchev–Trinajstić information content (AvgIpc) is 2.53. The molecule has 2 rings (SSSR count). The van der Waals surface area contributed by atoms with Crippen LogP contribution < -0.4 is 5.32 Å². The topological polar surface area (TPSA) is 68.3 Å². The molecule has 0 atom stereocenters. The van der Waals surface area contributed by atoms with Crippen molar-refractivity contribution in [2.75, 3.05) is 12.4 Å². The van der Waals surface area contributed by atoms with E-state index in [1.165, 1.54) is 6.07 Å². The summed E-state index contributed by atoms with van der Waals surface area (Å²) < 4.78 is 70.1. The molecule has 0 aliphatic heterocycles. The van der Waals surface area contributed by atoms with Crippen LogP contribution in [0.4, 0.5) is 27.6 Å². The molecular formula is C15H9F5N2O3. The Bertz CT molecular complexity index is 836. The summed E-state index contributed by atoms with van der Waals surface area (Å²) >= 11 is 0. The second-order valence-electron chi connectivity index (χ2n) is 4.66. The maximum Gasteiger partial charge on any atom is 0.419 e. The molecule has 1 amide bonds. The molecule has 1 aromatic carbocycles. The number of aromatic nitrogens is 1. The summed E-state index contributed by atoms with van der Waals surface area (Å²) in [4.78, 5) is 27.0. The number of methoxy groups -OCH3 is 1. The van der Waals surface area contributed by atoms with Gasteiger partial charge in [-0.25, -0.2) is 18.6 Å². The second-order valence-corrected chi connectivity index (χ2v) is 4.66. The lowest BCUT2D eigenvalue weighted by Crippen LogP contribution is -2.20. The van der Waals surface area contributed by atoms with Gasteiger partial charge < -0.3 is 10.1 Å². The van der Waals surface area contributed by atoms with Crippen molar-refractivity contribution in [3.8, 4) is 0 Å². The summed E-state index contributed by atoms with van der Waals surface area (Å²) in [5, 5.41) is 2.00. The van der Waals surface area contributed by atoms with Crippen molar-refractivity contribution in [3.05, 3.63) is 58.9 Å². The summed E-state index contributed by atoms with van der Waals surface area (Å²) in [6.45, 7) is 0. The van der Waals surface area contributed by atoms with Crippen molar-refractivity contribution in [2.24, 2.45) is 0 Å². The SMILES string of the molecule is COC(=O)c1cc(NC(=O)c2c(F)ccc(C(F)(F)F)c2F)ccn1. The number of pyridine rings is 1. The molecule has 0 unspecified atom stereocenters. The Kier molecular flexibility index (Phi) is 5.00. The molecule has 2 aromatic rings. The number of nitrogens with one attached hydrogen (secondary N) is 1. The van der Waals surface area contributed by atoms with E-state index in [1.807, 2.05) is 5.32 Å². The molecule has 5 nitrogen and oxygen atoms in total. The lowest BCUT2D eigenvalue weighted by Gasteiger charge is -2.12. The minimum atomic E-state index is -5.10. The zero-order valence-corrected chi connectivity index (χ0v) is 12.4. The molecule has 0 aliphatic carbocycles. The van der Waals surface area contributed by atoms with Gasteiger partial charge in [-0.2, -0.15) is 13.2 Å². The zero-order chi connectivity index (χ0) is 18.8. The van der Waals surface area contributed by atoms with Gasteiger partial charge in [0.25, 0.3) is 5.91 Å². The van der Waals surface area contributed by atoms with Crippen LogP contribution in [0.1, 0.15) is 26.4 Å². The van der Waals surface area contributed by atoms with Crippen molar-refractivity contribution < 1.29 is 36.3 Å². The fraction of sp³-hybridized carbons (Fsp3) is 0.133. The van der Waals surface area contributed by atoms with Crippen LogP contribution in [0.25, 0.3) is 0 Å². The Morgan fingerprint density at radius 2 is 1.84 bits per heavy atom. The van der Waals surface area contributed by atoms with Crippen molar-refractivity contribution in [1.82, 2.24) is 4.98 Å². The van der Waals surface area contributed by atoms with E-state index < -0.39 is 40.8 Å². The number of ether oxygens (including phenoxy) is 1. The average molecular weight is 360 g/mol. The van der Waals surface area contributed by atoms with Crippen molar-refractivity contribution >= 4 is 17.6 Å². The highest BCUT2D eigenvalue weighted by atomic mass is 19.4. The third-order valence-electron chi connectivity index (χ3n) is 3.04. The van der Waals surface area contributed by atoms with Gasteiger partial charge in [-0.3, -0.25) is 4.79 Å². The van der Waals surface area contributed by atoms with E-state index in [9.17, 15) is 31.5 Å². The molecule has 132 valence electrons. The fourth-order valence-corrected chi connectivity index (χ4v) is 1.90. The number of carbonyl (C=O) groups excluding carboxylic acids is 2. The molecule has 25 heavy (non-hydrogen) atoms. The smallest absolute Gasteiger partial charge is 0.419 e. The Labute approximate surface area is 137 Å². The molecule has 0 saturated heterocycles. The van der Waals surface area contributed by atoms with Crippen LogP contribution in [0, 0.1) is 11.6 Å². The van der Waals surface area contributed by atoms with Crippen LogP contribution in [-0.2, 0) is 10.9 Å². The lowest BCUT2D eigenvalue weighted by atomic mass is 10.1. The molecule has 0 spiro atoms. The zero-order valence-electron chi connectivity index (χ0n) is 12.4. The van der Waals surface area contributed by atoms with Gasteiger partial charge in [0.05, 0.1) is 12.7 Å². The molecule has 0 fully saturated rings. The van der Waals surface area contributed by atoms with Crippen LogP contribution in [0.3, 0.4) is 0 Å². The minimum absolute atomic E-state index is 0.114. The van der Waals surface area contributed by atoms with Crippen molar-refractivity contribution in [3.63, 3.8) is 0 Å². The number of carbonyl (C=O) groups is 2. The standard InChI is InChI=1S/C15H9F5N2O3/c1-25-14(24)10-6-7(4-5-21-10)22-13(23)11-9(16)3-2-8(12(11)17)15(18,19)20/h2-6H,1H3,(H,21,22,23). The van der Waals surface area contributed by atoms with Crippen LogP contribution >= 0.6 is 0 Å². The third kappa shape index (κ3) is 3.90. The number of alkyl halides is 3. The van der Waals surface area contributed by atoms with Crippen molar-refractivity contribution in [2.45, 2.75) is 6.18 Å². The van der Waals surface area contributed by atoms with E-state index in [4.69, 9.17) is 0 Å². The van der Waals surface area contributed by atoms with Crippen LogP contribution in [0.15, 0.2) is 30.5 Å². The number of esters is 1. The quantitative estimate of drug-likeness (QED) is 0.673. The van der Waals surface area contributed by atoms with Gasteiger partial charge in [0, 0.05) is 11.9 Å². The summed E-state index contributed by atoms with van der Waals surface area (Å²) in [6.07, 6.45) is -4.00. The monoisotopic (exact) mass is 360 g/mol. The number of hydrogen-bond donors (Lipinski definition) is 1. The van der Waals surface area contributed by atoms with Crippen LogP contribution in [0.5, 0.6) is 0 Å². The van der Waals surface area contributed by atoms with Gasteiger partial charge in [-0.05, 0) is 24.3 Å². The maximum atomic E-state index is 13.9. The number of benzene rings is 1. The van der Waals surface area contributed by atoms with E-state index in [1.54, 1.807) is 0 Å². The number of rotatable bonds is 3. The Hall–Kier alpha value is -3.04. The summed E-state index contributed by atoms with van der Waals surface area (Å²) in [5.74, 6) is -5.80. The first-order valence-electron chi connectivity index (χ1n) is 6.56. The van der Waals surface area contributed by atoms with Gasteiger partial charge in [-0.15, -0.1) is 0 Å². The molecule has 0 bridgehead atoms. The van der Waals surface area contributed by atoms with E-state index >= 15 is 0 Å². The Morgan fingerprint density at radius 1 is 1.16 bits per heavy atom. The normalized spacial score (nSPS) is 11.1. The molecule has 1 heterocycles. The van der Waals surface area contributed by atoms with E-state index in [0.29, 0.717) is 6.07 Å². The van der Waals surface area contributed by atoms with Gasteiger partial charge in [-0.1, -0.05) is 0 Å². The molecule has 1 aromatic heterocycles. The number of halogens is 5. The predicted octanol–water partition coefficient (Wildman–Crippen LogP) is 3.42. The van der Waals surface area contributed by atoms with E-state index in [2.05, 4.69) is 9.72 Å². The van der Waals surface area contributed by atoms with Gasteiger partial charge in [0.2, 0.25) is 0 Å². The first-order chi connectivity index (χ1) is 11.6. The van der Waals surface area contributed by atoms with Gasteiger partial charge >= 0.3 is 12.1 Å². The summed E-state index contributed by atoms with van der Waals surface area (Å²) in [6, 6.07) is 2.75. The van der Waals surface area contributed by atoms with E-state index in [0.717, 1.165) is 19.4 Å². The Balaban J connectivity index is 2.38. The highest BCUT2D eigenvalue weighted by molar-refractivity contribution is 6.05. The molecule has 0 aliphatic rings. The number of anilines is 1. The number of amides is 1. The molecular weight excluding hydrogens is 351 g/mol. The maximum absolute atomic E-state index is 13.9. The number of hydrogen-bond acceptors (Lipinski definition) is 4. The minimum Gasteiger partial charge on any atom is -0.464 e. The summed E-state index contributed by atoms with van der Waals surface area (Å²) in [5.41, 5.74) is -3.50. The molecule has 1 N–H and O–H groups in total. The second kappa shape index (κ2) is 6.83. The largest absolute Gasteiger partial charge is 0.464 e. The molecule has 10 heteroatoms. The van der Waals surface area contributed by atoms with Crippen molar-refractivity contribution in [1.29, 1.82) is 0 Å². The molecule has 0 radical (unpaired) electrons. The van der Waals surface area contributed by atoms with Crippen LogP contribution in [-0.4, -0.2) is 24.0 Å². The Morgan fingerprint density at radius 3 is 2.44 bits per heavy atom. The lowest BCUT2D eigenvalue weighted by molar-refractivity contribution is -0.140. The fourth-order valence-electron chi connectivity index (χ4n) is 1.90. The first-order valence-corrected chi connectivity index (χ1v) is 6.56. The van der Waals surface area contributed by atoms with E-state index in [-0.39, 0.29) is 17.4 Å². The predicted molar refractivity (Wildman–Crippen MR) is 74.9 cm³/mol.